The van der Waals surface area contributed by atoms with Crippen molar-refractivity contribution < 1.29 is 5.11 Å². The summed E-state index contributed by atoms with van der Waals surface area (Å²) in [5.74, 6) is 0. The molecule has 1 rings (SSSR count). The number of likely N-dealkylation sites (N-methyl/N-ethyl adjacent to an activating group) is 1. The van der Waals surface area contributed by atoms with E-state index < -0.39 is 0 Å². The van der Waals surface area contributed by atoms with Crippen LogP contribution < -0.4 is 0 Å². The molecule has 0 aromatic rings. The second-order valence-electron chi connectivity index (χ2n) is 4.71. The Kier molecular flexibility index (Phi) is 5.03. The van der Waals surface area contributed by atoms with Gasteiger partial charge in [0.2, 0.25) is 0 Å². The Balaban J connectivity index is 2.12. The zero-order chi connectivity index (χ0) is 11.3. The van der Waals surface area contributed by atoms with Crippen molar-refractivity contribution in [3.8, 4) is 0 Å². The number of likely N-dealkylation sites (tertiary alicyclic amines) is 1. The van der Waals surface area contributed by atoms with Crippen molar-refractivity contribution in [2.45, 2.75) is 39.2 Å². The number of hydrogen-bond acceptors (Lipinski definition) is 3. The molecule has 0 saturated carbocycles. The molecule has 0 bridgehead atoms. The lowest BCUT2D eigenvalue weighted by atomic mass is 9.89. The third-order valence-electron chi connectivity index (χ3n) is 3.38. The summed E-state index contributed by atoms with van der Waals surface area (Å²) in [7, 11) is 0. The van der Waals surface area contributed by atoms with E-state index in [4.69, 9.17) is 0 Å². The molecule has 0 aliphatic carbocycles. The van der Waals surface area contributed by atoms with Crippen molar-refractivity contribution in [3.05, 3.63) is 0 Å². The van der Waals surface area contributed by atoms with E-state index in [2.05, 4.69) is 30.6 Å². The molecule has 15 heavy (non-hydrogen) atoms. The minimum atomic E-state index is -0.363. The van der Waals surface area contributed by atoms with Gasteiger partial charge in [-0.25, -0.2) is 0 Å². The molecule has 1 fully saturated rings. The van der Waals surface area contributed by atoms with E-state index in [1.54, 1.807) is 0 Å². The molecule has 0 aromatic heterocycles. The molecular weight excluding hydrogens is 188 g/mol. The summed E-state index contributed by atoms with van der Waals surface area (Å²) in [4.78, 5) is 4.78. The van der Waals surface area contributed by atoms with Gasteiger partial charge in [0, 0.05) is 26.2 Å². The van der Waals surface area contributed by atoms with Gasteiger partial charge in [-0.05, 0) is 19.5 Å². The summed E-state index contributed by atoms with van der Waals surface area (Å²) in [5, 5.41) is 10.0. The standard InChI is InChI=1S/C12H26N2O/c1-4-7-12(15)10-14(11-12)9-8-13(5-2)6-3/h15H,4-11H2,1-3H3. The molecule has 1 aliphatic heterocycles. The van der Waals surface area contributed by atoms with E-state index in [0.29, 0.717) is 0 Å². The Morgan fingerprint density at radius 1 is 1.20 bits per heavy atom. The molecule has 0 aromatic carbocycles. The van der Waals surface area contributed by atoms with Crippen molar-refractivity contribution in [2.75, 3.05) is 39.3 Å². The van der Waals surface area contributed by atoms with Crippen molar-refractivity contribution in [2.24, 2.45) is 0 Å². The molecule has 0 amide bonds. The summed E-state index contributed by atoms with van der Waals surface area (Å²) < 4.78 is 0. The Labute approximate surface area is 94.1 Å². The molecule has 1 aliphatic rings. The normalized spacial score (nSPS) is 20.6. The molecule has 1 N–H and O–H groups in total. The fourth-order valence-corrected chi connectivity index (χ4v) is 2.39. The summed E-state index contributed by atoms with van der Waals surface area (Å²) in [6, 6.07) is 0. The van der Waals surface area contributed by atoms with E-state index in [0.717, 1.165) is 52.1 Å². The van der Waals surface area contributed by atoms with Crippen molar-refractivity contribution in [3.63, 3.8) is 0 Å². The van der Waals surface area contributed by atoms with Crippen LogP contribution in [0.15, 0.2) is 0 Å². The number of rotatable bonds is 7. The summed E-state index contributed by atoms with van der Waals surface area (Å²) in [6.07, 6.45) is 2.04. The van der Waals surface area contributed by atoms with E-state index in [1.807, 2.05) is 0 Å². The fraction of sp³-hybridized carbons (Fsp3) is 1.00. The Hall–Kier alpha value is -0.120. The zero-order valence-electron chi connectivity index (χ0n) is 10.5. The average molecular weight is 214 g/mol. The Morgan fingerprint density at radius 3 is 2.27 bits per heavy atom. The summed E-state index contributed by atoms with van der Waals surface area (Å²) in [6.45, 7) is 12.8. The molecular formula is C12H26N2O. The first-order valence-electron chi connectivity index (χ1n) is 6.30. The molecule has 3 nitrogen and oxygen atoms in total. The van der Waals surface area contributed by atoms with Crippen LogP contribution in [0.4, 0.5) is 0 Å². The molecule has 0 unspecified atom stereocenters. The quantitative estimate of drug-likeness (QED) is 0.689. The minimum Gasteiger partial charge on any atom is -0.387 e. The topological polar surface area (TPSA) is 26.7 Å². The van der Waals surface area contributed by atoms with E-state index in [1.165, 1.54) is 0 Å². The highest BCUT2D eigenvalue weighted by Crippen LogP contribution is 2.25. The zero-order valence-corrected chi connectivity index (χ0v) is 10.5. The summed E-state index contributed by atoms with van der Waals surface area (Å²) >= 11 is 0. The summed E-state index contributed by atoms with van der Waals surface area (Å²) in [5.41, 5.74) is -0.363. The maximum absolute atomic E-state index is 10.0. The van der Waals surface area contributed by atoms with Gasteiger partial charge >= 0.3 is 0 Å². The number of nitrogens with zero attached hydrogens (tertiary/aromatic N) is 2. The van der Waals surface area contributed by atoms with Crippen LogP contribution in [0.1, 0.15) is 33.6 Å². The molecule has 0 atom stereocenters. The van der Waals surface area contributed by atoms with Crippen LogP contribution in [0.2, 0.25) is 0 Å². The van der Waals surface area contributed by atoms with Crippen LogP contribution >= 0.6 is 0 Å². The predicted molar refractivity (Wildman–Crippen MR) is 64.1 cm³/mol. The largest absolute Gasteiger partial charge is 0.387 e. The van der Waals surface area contributed by atoms with Crippen molar-refractivity contribution in [1.82, 2.24) is 9.80 Å². The van der Waals surface area contributed by atoms with Gasteiger partial charge < -0.3 is 10.0 Å². The number of aliphatic hydroxyl groups is 1. The molecule has 0 radical (unpaired) electrons. The van der Waals surface area contributed by atoms with E-state index in [-0.39, 0.29) is 5.60 Å². The SMILES string of the molecule is CCCC1(O)CN(CCN(CC)CC)C1. The smallest absolute Gasteiger partial charge is 0.0900 e. The van der Waals surface area contributed by atoms with Gasteiger partial charge in [0.05, 0.1) is 5.60 Å². The maximum atomic E-state index is 10.0. The van der Waals surface area contributed by atoms with Gasteiger partial charge in [-0.1, -0.05) is 27.2 Å². The monoisotopic (exact) mass is 214 g/mol. The Bertz CT molecular complexity index is 174. The lowest BCUT2D eigenvalue weighted by Gasteiger charge is -2.47. The van der Waals surface area contributed by atoms with Gasteiger partial charge in [0.1, 0.15) is 0 Å². The molecule has 0 spiro atoms. The van der Waals surface area contributed by atoms with Gasteiger partial charge in [0.25, 0.3) is 0 Å². The predicted octanol–water partition coefficient (Wildman–Crippen LogP) is 1.17. The number of hydrogen-bond donors (Lipinski definition) is 1. The first-order valence-corrected chi connectivity index (χ1v) is 6.30. The van der Waals surface area contributed by atoms with Gasteiger partial charge in [0.15, 0.2) is 0 Å². The van der Waals surface area contributed by atoms with E-state index >= 15 is 0 Å². The third-order valence-corrected chi connectivity index (χ3v) is 3.38. The molecule has 90 valence electrons. The van der Waals surface area contributed by atoms with Gasteiger partial charge in [-0.15, -0.1) is 0 Å². The minimum absolute atomic E-state index is 0.363. The van der Waals surface area contributed by atoms with Crippen LogP contribution in [0.25, 0.3) is 0 Å². The average Bonchev–Trinajstić information content (AvgIpc) is 2.17. The second kappa shape index (κ2) is 5.83. The first-order chi connectivity index (χ1) is 7.13. The third kappa shape index (κ3) is 3.74. The van der Waals surface area contributed by atoms with Gasteiger partial charge in [-0.3, -0.25) is 4.90 Å². The Morgan fingerprint density at radius 2 is 1.80 bits per heavy atom. The van der Waals surface area contributed by atoms with Crippen LogP contribution in [0.5, 0.6) is 0 Å². The fourth-order valence-electron chi connectivity index (χ4n) is 2.39. The highest BCUT2D eigenvalue weighted by molar-refractivity contribution is 4.95. The highest BCUT2D eigenvalue weighted by Gasteiger charge is 2.39. The van der Waals surface area contributed by atoms with E-state index in [9.17, 15) is 5.11 Å². The van der Waals surface area contributed by atoms with Crippen LogP contribution in [0.3, 0.4) is 0 Å². The first kappa shape index (κ1) is 12.9. The molecule has 1 heterocycles. The molecule has 3 heteroatoms. The van der Waals surface area contributed by atoms with Gasteiger partial charge in [-0.2, -0.15) is 0 Å². The van der Waals surface area contributed by atoms with Crippen molar-refractivity contribution >= 4 is 0 Å². The number of β-amino-alcohol motifs (C(OH)–C–C–N with tert-alkyl or cyclic N) is 1. The highest BCUT2D eigenvalue weighted by atomic mass is 16.3. The lowest BCUT2D eigenvalue weighted by molar-refractivity contribution is -0.104. The van der Waals surface area contributed by atoms with Crippen molar-refractivity contribution in [1.29, 1.82) is 0 Å². The van der Waals surface area contributed by atoms with Crippen LogP contribution in [-0.4, -0.2) is 59.8 Å². The van der Waals surface area contributed by atoms with Crippen LogP contribution in [-0.2, 0) is 0 Å². The molecule has 1 saturated heterocycles. The second-order valence-corrected chi connectivity index (χ2v) is 4.71. The van der Waals surface area contributed by atoms with Crippen LogP contribution in [0, 0.1) is 0 Å². The lowest BCUT2D eigenvalue weighted by Crippen LogP contribution is -2.62. The maximum Gasteiger partial charge on any atom is 0.0900 e.